The monoisotopic (exact) mass is 341 g/mol. The maximum atomic E-state index is 5.38. The minimum Gasteiger partial charge on any atom is -0.379 e. The van der Waals surface area contributed by atoms with E-state index in [1.54, 1.807) is 0 Å². The van der Waals surface area contributed by atoms with Gasteiger partial charge in [-0.25, -0.2) is 4.98 Å². The summed E-state index contributed by atoms with van der Waals surface area (Å²) in [4.78, 5) is 13.7. The van der Waals surface area contributed by atoms with Gasteiger partial charge in [0.25, 0.3) is 0 Å². The van der Waals surface area contributed by atoms with E-state index in [-0.39, 0.29) is 0 Å². The lowest BCUT2D eigenvalue weighted by Crippen LogP contribution is -2.39. The second-order valence-electron chi connectivity index (χ2n) is 6.12. The van der Waals surface area contributed by atoms with Crippen LogP contribution in [0.5, 0.6) is 0 Å². The molecular formula is C19H27N5O. The number of benzene rings is 1. The molecule has 3 rings (SSSR count). The third-order valence-corrected chi connectivity index (χ3v) is 4.38. The van der Waals surface area contributed by atoms with E-state index in [9.17, 15) is 0 Å². The number of hydrogen-bond acceptors (Lipinski definition) is 6. The Hall–Kier alpha value is -2.18. The highest BCUT2D eigenvalue weighted by atomic mass is 16.5. The van der Waals surface area contributed by atoms with Gasteiger partial charge in [-0.3, -0.25) is 4.90 Å². The average Bonchev–Trinajstić information content (AvgIpc) is 2.68. The van der Waals surface area contributed by atoms with Crippen LogP contribution in [0, 0.1) is 0 Å². The molecule has 1 aliphatic rings. The molecule has 0 unspecified atom stereocenters. The first-order valence-corrected chi connectivity index (χ1v) is 9.01. The van der Waals surface area contributed by atoms with Gasteiger partial charge < -0.3 is 15.0 Å². The van der Waals surface area contributed by atoms with E-state index in [4.69, 9.17) is 4.74 Å². The molecule has 1 saturated heterocycles. The average molecular weight is 341 g/mol. The van der Waals surface area contributed by atoms with Crippen LogP contribution < -0.4 is 10.2 Å². The van der Waals surface area contributed by atoms with Crippen molar-refractivity contribution in [2.24, 2.45) is 0 Å². The van der Waals surface area contributed by atoms with Crippen LogP contribution in [0.15, 0.2) is 42.6 Å². The fraction of sp³-hybridized carbons (Fsp3) is 0.474. The molecule has 6 heteroatoms. The standard InChI is InChI=1S/C19H27N5O/c1-2-24(16-17-6-4-3-5-7-17)18-8-9-20-19(22-18)21-10-11-23-12-14-25-15-13-23/h3-9H,2,10-16H2,1H3,(H,20,21,22). The highest BCUT2D eigenvalue weighted by molar-refractivity contribution is 5.43. The molecule has 1 N–H and O–H groups in total. The van der Waals surface area contributed by atoms with E-state index < -0.39 is 0 Å². The normalized spacial score (nSPS) is 15.1. The van der Waals surface area contributed by atoms with Crippen molar-refractivity contribution in [2.45, 2.75) is 13.5 Å². The summed E-state index contributed by atoms with van der Waals surface area (Å²) in [5.74, 6) is 1.65. The molecule has 0 atom stereocenters. The predicted octanol–water partition coefficient (Wildman–Crippen LogP) is 2.25. The topological polar surface area (TPSA) is 53.5 Å². The molecule has 134 valence electrons. The van der Waals surface area contributed by atoms with Crippen LogP contribution in [0.3, 0.4) is 0 Å². The lowest BCUT2D eigenvalue weighted by molar-refractivity contribution is 0.0398. The lowest BCUT2D eigenvalue weighted by Gasteiger charge is -2.26. The zero-order valence-electron chi connectivity index (χ0n) is 14.9. The second-order valence-corrected chi connectivity index (χ2v) is 6.12. The van der Waals surface area contributed by atoms with Gasteiger partial charge in [0.1, 0.15) is 5.82 Å². The first-order chi connectivity index (χ1) is 12.3. The molecule has 1 fully saturated rings. The van der Waals surface area contributed by atoms with Crippen LogP contribution >= 0.6 is 0 Å². The number of anilines is 2. The van der Waals surface area contributed by atoms with Crippen LogP contribution in [0.1, 0.15) is 12.5 Å². The molecule has 0 amide bonds. The van der Waals surface area contributed by atoms with Crippen molar-refractivity contribution < 1.29 is 4.74 Å². The number of rotatable bonds is 8. The van der Waals surface area contributed by atoms with E-state index >= 15 is 0 Å². The summed E-state index contributed by atoms with van der Waals surface area (Å²) < 4.78 is 5.38. The minimum atomic E-state index is 0.692. The fourth-order valence-corrected chi connectivity index (χ4v) is 2.92. The van der Waals surface area contributed by atoms with E-state index in [1.165, 1.54) is 5.56 Å². The summed E-state index contributed by atoms with van der Waals surface area (Å²) in [6.45, 7) is 9.39. The minimum absolute atomic E-state index is 0.692. The maximum Gasteiger partial charge on any atom is 0.224 e. The van der Waals surface area contributed by atoms with Gasteiger partial charge in [0.15, 0.2) is 0 Å². The van der Waals surface area contributed by atoms with Crippen LogP contribution in [0.25, 0.3) is 0 Å². The largest absolute Gasteiger partial charge is 0.379 e. The van der Waals surface area contributed by atoms with E-state index in [1.807, 2.05) is 18.3 Å². The molecule has 2 heterocycles. The van der Waals surface area contributed by atoms with Gasteiger partial charge in [-0.15, -0.1) is 0 Å². The first kappa shape index (κ1) is 17.6. The molecule has 0 aliphatic carbocycles. The van der Waals surface area contributed by atoms with Crippen molar-refractivity contribution in [1.29, 1.82) is 0 Å². The quantitative estimate of drug-likeness (QED) is 0.795. The summed E-state index contributed by atoms with van der Waals surface area (Å²) in [5, 5.41) is 3.34. The molecule has 0 radical (unpaired) electrons. The fourth-order valence-electron chi connectivity index (χ4n) is 2.92. The van der Waals surface area contributed by atoms with Crippen molar-refractivity contribution in [3.05, 3.63) is 48.2 Å². The Labute approximate surface area is 149 Å². The highest BCUT2D eigenvalue weighted by Gasteiger charge is 2.11. The second kappa shape index (κ2) is 9.34. The van der Waals surface area contributed by atoms with E-state index in [0.717, 1.165) is 58.3 Å². The predicted molar refractivity (Wildman–Crippen MR) is 101 cm³/mol. The highest BCUT2D eigenvalue weighted by Crippen LogP contribution is 2.15. The van der Waals surface area contributed by atoms with Gasteiger partial charge in [0, 0.05) is 45.5 Å². The first-order valence-electron chi connectivity index (χ1n) is 9.01. The van der Waals surface area contributed by atoms with Crippen molar-refractivity contribution in [3.8, 4) is 0 Å². The molecule has 1 aliphatic heterocycles. The van der Waals surface area contributed by atoms with Crippen molar-refractivity contribution in [3.63, 3.8) is 0 Å². The Morgan fingerprint density at radius 2 is 1.96 bits per heavy atom. The van der Waals surface area contributed by atoms with Gasteiger partial charge in [0.2, 0.25) is 5.95 Å². The van der Waals surface area contributed by atoms with E-state index in [0.29, 0.717) is 5.95 Å². The smallest absolute Gasteiger partial charge is 0.224 e. The molecule has 2 aromatic rings. The molecule has 0 bridgehead atoms. The van der Waals surface area contributed by atoms with Crippen molar-refractivity contribution in [1.82, 2.24) is 14.9 Å². The Morgan fingerprint density at radius 1 is 1.16 bits per heavy atom. The SMILES string of the molecule is CCN(Cc1ccccc1)c1ccnc(NCCN2CCOCC2)n1. The van der Waals surface area contributed by atoms with Gasteiger partial charge >= 0.3 is 0 Å². The third kappa shape index (κ3) is 5.41. The molecule has 6 nitrogen and oxygen atoms in total. The van der Waals surface area contributed by atoms with Gasteiger partial charge in [-0.2, -0.15) is 4.98 Å². The van der Waals surface area contributed by atoms with Crippen LogP contribution in [0.2, 0.25) is 0 Å². The number of hydrogen-bond donors (Lipinski definition) is 1. The van der Waals surface area contributed by atoms with Crippen molar-refractivity contribution >= 4 is 11.8 Å². The van der Waals surface area contributed by atoms with Gasteiger partial charge in [-0.1, -0.05) is 30.3 Å². The number of nitrogens with zero attached hydrogens (tertiary/aromatic N) is 4. The van der Waals surface area contributed by atoms with Gasteiger partial charge in [0.05, 0.1) is 13.2 Å². The summed E-state index contributed by atoms with van der Waals surface area (Å²) in [7, 11) is 0. The summed E-state index contributed by atoms with van der Waals surface area (Å²) in [5.41, 5.74) is 1.28. The maximum absolute atomic E-state index is 5.38. The molecule has 0 saturated carbocycles. The van der Waals surface area contributed by atoms with Crippen LogP contribution in [-0.4, -0.2) is 60.8 Å². The Kier molecular flexibility index (Phi) is 6.59. The molecule has 1 aromatic carbocycles. The van der Waals surface area contributed by atoms with Crippen LogP contribution in [-0.2, 0) is 11.3 Å². The van der Waals surface area contributed by atoms with Crippen molar-refractivity contribution in [2.75, 3.05) is 56.2 Å². The molecule has 1 aromatic heterocycles. The molecular weight excluding hydrogens is 314 g/mol. The Balaban J connectivity index is 1.55. The molecule has 25 heavy (non-hydrogen) atoms. The number of morpholine rings is 1. The Bertz CT molecular complexity index is 631. The van der Waals surface area contributed by atoms with Crippen LogP contribution in [0.4, 0.5) is 11.8 Å². The number of aromatic nitrogens is 2. The number of ether oxygens (including phenoxy) is 1. The lowest BCUT2D eigenvalue weighted by atomic mass is 10.2. The zero-order chi connectivity index (χ0) is 17.3. The number of nitrogens with one attached hydrogen (secondary N) is 1. The summed E-state index contributed by atoms with van der Waals surface area (Å²) in [6, 6.07) is 12.4. The molecule has 0 spiro atoms. The Morgan fingerprint density at radius 3 is 2.72 bits per heavy atom. The third-order valence-electron chi connectivity index (χ3n) is 4.38. The zero-order valence-corrected chi connectivity index (χ0v) is 14.9. The summed E-state index contributed by atoms with van der Waals surface area (Å²) >= 11 is 0. The van der Waals surface area contributed by atoms with E-state index in [2.05, 4.69) is 56.3 Å². The van der Waals surface area contributed by atoms with Gasteiger partial charge in [-0.05, 0) is 18.6 Å². The summed E-state index contributed by atoms with van der Waals surface area (Å²) in [6.07, 6.45) is 1.83.